The van der Waals surface area contributed by atoms with Gasteiger partial charge in [-0.2, -0.15) is 0 Å². The SMILES string of the molecule is CC(=O)N[C@H](C(=O)N1C[C@H](O)C[C@H]1C(=O)NCc1ccc(-c2oncc2C)cc1)C(C)(C)C. The van der Waals surface area contributed by atoms with Crippen molar-refractivity contribution in [3.05, 3.63) is 41.6 Å². The van der Waals surface area contributed by atoms with Crippen LogP contribution < -0.4 is 10.6 Å². The van der Waals surface area contributed by atoms with Gasteiger partial charge < -0.3 is 25.2 Å². The number of benzene rings is 1. The average molecular weight is 457 g/mol. The first-order valence-electron chi connectivity index (χ1n) is 11.0. The van der Waals surface area contributed by atoms with Crippen molar-refractivity contribution in [3.63, 3.8) is 0 Å². The van der Waals surface area contributed by atoms with E-state index in [1.165, 1.54) is 11.8 Å². The van der Waals surface area contributed by atoms with E-state index < -0.39 is 23.6 Å². The highest BCUT2D eigenvalue weighted by molar-refractivity contribution is 5.92. The Hall–Kier alpha value is -3.20. The molecule has 33 heavy (non-hydrogen) atoms. The number of β-amino-alcohol motifs (C(OH)–C–C–N with tert-alkyl or cyclic N) is 1. The highest BCUT2D eigenvalue weighted by Gasteiger charge is 2.44. The molecule has 1 aliphatic rings. The van der Waals surface area contributed by atoms with E-state index in [4.69, 9.17) is 4.52 Å². The van der Waals surface area contributed by atoms with Crippen LogP contribution in [0.4, 0.5) is 0 Å². The number of hydrogen-bond acceptors (Lipinski definition) is 6. The molecular weight excluding hydrogens is 424 g/mol. The van der Waals surface area contributed by atoms with Gasteiger partial charge in [0.1, 0.15) is 12.1 Å². The topological polar surface area (TPSA) is 125 Å². The molecule has 2 heterocycles. The van der Waals surface area contributed by atoms with Gasteiger partial charge in [0, 0.05) is 37.6 Å². The van der Waals surface area contributed by atoms with Crippen LogP contribution in [-0.4, -0.2) is 57.6 Å². The standard InChI is InChI=1S/C24H32N4O5/c1-14-11-26-33-20(14)17-8-6-16(7-9-17)12-25-22(31)19-10-18(30)13-28(19)23(32)21(24(3,4)5)27-15(2)29/h6-9,11,18-19,21,30H,10,12-13H2,1-5H3,(H,25,31)(H,27,29)/t18-,19+,21-/m1/s1. The minimum absolute atomic E-state index is 0.0499. The fraction of sp³-hybridized carbons (Fsp3) is 0.500. The number of rotatable bonds is 6. The van der Waals surface area contributed by atoms with Crippen molar-refractivity contribution in [1.82, 2.24) is 20.7 Å². The summed E-state index contributed by atoms with van der Waals surface area (Å²) in [6, 6.07) is 5.95. The number of aliphatic hydroxyl groups excluding tert-OH is 1. The summed E-state index contributed by atoms with van der Waals surface area (Å²) in [6.07, 6.45) is 1.01. The second-order valence-corrected chi connectivity index (χ2v) is 9.65. The van der Waals surface area contributed by atoms with Gasteiger partial charge in [-0.05, 0) is 17.9 Å². The normalized spacial score (nSPS) is 19.3. The quantitative estimate of drug-likeness (QED) is 0.609. The zero-order valence-electron chi connectivity index (χ0n) is 19.7. The summed E-state index contributed by atoms with van der Waals surface area (Å²) in [7, 11) is 0. The molecule has 0 radical (unpaired) electrons. The van der Waals surface area contributed by atoms with Crippen molar-refractivity contribution >= 4 is 17.7 Å². The van der Waals surface area contributed by atoms with Crippen LogP contribution >= 0.6 is 0 Å². The molecule has 0 unspecified atom stereocenters. The van der Waals surface area contributed by atoms with Crippen molar-refractivity contribution in [3.8, 4) is 11.3 Å². The number of carbonyl (C=O) groups is 3. The molecule has 1 saturated heterocycles. The summed E-state index contributed by atoms with van der Waals surface area (Å²) in [5.74, 6) is -0.341. The zero-order valence-corrected chi connectivity index (χ0v) is 19.7. The smallest absolute Gasteiger partial charge is 0.246 e. The van der Waals surface area contributed by atoms with E-state index in [1.54, 1.807) is 6.20 Å². The Morgan fingerprint density at radius 3 is 2.45 bits per heavy atom. The Morgan fingerprint density at radius 1 is 1.24 bits per heavy atom. The van der Waals surface area contributed by atoms with Crippen molar-refractivity contribution in [2.24, 2.45) is 5.41 Å². The summed E-state index contributed by atoms with van der Waals surface area (Å²) in [6.45, 7) is 9.13. The fourth-order valence-corrected chi connectivity index (χ4v) is 3.97. The van der Waals surface area contributed by atoms with E-state index in [-0.39, 0.29) is 37.2 Å². The number of aromatic nitrogens is 1. The van der Waals surface area contributed by atoms with Crippen LogP contribution in [0.2, 0.25) is 0 Å². The molecule has 1 aromatic carbocycles. The lowest BCUT2D eigenvalue weighted by Crippen LogP contribution is -2.57. The average Bonchev–Trinajstić information content (AvgIpc) is 3.35. The third-order valence-electron chi connectivity index (χ3n) is 5.76. The minimum Gasteiger partial charge on any atom is -0.391 e. The van der Waals surface area contributed by atoms with Gasteiger partial charge >= 0.3 is 0 Å². The Balaban J connectivity index is 1.67. The first kappa shape index (κ1) is 24.4. The van der Waals surface area contributed by atoms with Crippen LogP contribution in [0, 0.1) is 12.3 Å². The molecule has 3 N–H and O–H groups in total. The maximum Gasteiger partial charge on any atom is 0.246 e. The largest absolute Gasteiger partial charge is 0.391 e. The highest BCUT2D eigenvalue weighted by atomic mass is 16.5. The summed E-state index contributed by atoms with van der Waals surface area (Å²) >= 11 is 0. The molecular formula is C24H32N4O5. The first-order chi connectivity index (χ1) is 15.5. The van der Waals surface area contributed by atoms with Crippen LogP contribution in [0.25, 0.3) is 11.3 Å². The van der Waals surface area contributed by atoms with E-state index in [2.05, 4.69) is 15.8 Å². The number of nitrogens with zero attached hydrogens (tertiary/aromatic N) is 2. The third-order valence-corrected chi connectivity index (χ3v) is 5.76. The Bertz CT molecular complexity index is 1010. The van der Waals surface area contributed by atoms with E-state index in [9.17, 15) is 19.5 Å². The van der Waals surface area contributed by atoms with Gasteiger partial charge in [0.25, 0.3) is 0 Å². The molecule has 3 amide bonds. The monoisotopic (exact) mass is 456 g/mol. The van der Waals surface area contributed by atoms with Gasteiger partial charge in [-0.1, -0.05) is 50.2 Å². The van der Waals surface area contributed by atoms with E-state index >= 15 is 0 Å². The van der Waals surface area contributed by atoms with E-state index in [0.717, 1.165) is 16.7 Å². The summed E-state index contributed by atoms with van der Waals surface area (Å²) < 4.78 is 5.26. The van der Waals surface area contributed by atoms with Crippen molar-refractivity contribution < 1.29 is 24.0 Å². The zero-order chi connectivity index (χ0) is 24.3. The molecule has 3 atom stereocenters. The van der Waals surface area contributed by atoms with Crippen LogP contribution in [0.15, 0.2) is 35.0 Å². The minimum atomic E-state index is -0.803. The Labute approximate surface area is 193 Å². The Kier molecular flexibility index (Phi) is 7.22. The molecule has 9 heteroatoms. The van der Waals surface area contributed by atoms with E-state index in [1.807, 2.05) is 52.0 Å². The molecule has 1 aromatic heterocycles. The predicted molar refractivity (Wildman–Crippen MR) is 122 cm³/mol. The predicted octanol–water partition coefficient (Wildman–Crippen LogP) is 1.78. The van der Waals surface area contributed by atoms with Gasteiger partial charge in [0.15, 0.2) is 5.76 Å². The van der Waals surface area contributed by atoms with Gasteiger partial charge in [-0.15, -0.1) is 0 Å². The van der Waals surface area contributed by atoms with Crippen LogP contribution in [0.3, 0.4) is 0 Å². The number of hydrogen-bond donors (Lipinski definition) is 3. The van der Waals surface area contributed by atoms with Crippen LogP contribution in [-0.2, 0) is 20.9 Å². The third kappa shape index (κ3) is 5.78. The fourth-order valence-electron chi connectivity index (χ4n) is 3.97. The number of aryl methyl sites for hydroxylation is 1. The van der Waals surface area contributed by atoms with Gasteiger partial charge in [0.05, 0.1) is 12.3 Å². The number of likely N-dealkylation sites (tertiary alicyclic amines) is 1. The number of carbonyl (C=O) groups excluding carboxylic acids is 3. The molecule has 0 aliphatic carbocycles. The molecule has 0 spiro atoms. The van der Waals surface area contributed by atoms with Gasteiger partial charge in [-0.25, -0.2) is 0 Å². The molecule has 2 aromatic rings. The molecule has 9 nitrogen and oxygen atoms in total. The van der Waals surface area contributed by atoms with Crippen molar-refractivity contribution in [2.75, 3.05) is 6.54 Å². The second kappa shape index (κ2) is 9.74. The molecule has 178 valence electrons. The van der Waals surface area contributed by atoms with Crippen LogP contribution in [0.1, 0.15) is 45.2 Å². The van der Waals surface area contributed by atoms with Crippen molar-refractivity contribution in [2.45, 2.75) is 65.8 Å². The maximum atomic E-state index is 13.2. The summed E-state index contributed by atoms with van der Waals surface area (Å²) in [5, 5.41) is 19.5. The first-order valence-corrected chi connectivity index (χ1v) is 11.0. The maximum absolute atomic E-state index is 13.2. The second-order valence-electron chi connectivity index (χ2n) is 9.65. The molecule has 0 bridgehead atoms. The molecule has 0 saturated carbocycles. The molecule has 3 rings (SSSR count). The lowest BCUT2D eigenvalue weighted by Gasteiger charge is -2.35. The van der Waals surface area contributed by atoms with Crippen LogP contribution in [0.5, 0.6) is 0 Å². The van der Waals surface area contributed by atoms with E-state index in [0.29, 0.717) is 5.76 Å². The summed E-state index contributed by atoms with van der Waals surface area (Å²) in [5.41, 5.74) is 2.16. The number of aliphatic hydroxyl groups is 1. The van der Waals surface area contributed by atoms with Crippen molar-refractivity contribution in [1.29, 1.82) is 0 Å². The van der Waals surface area contributed by atoms with Gasteiger partial charge in [-0.3, -0.25) is 14.4 Å². The highest BCUT2D eigenvalue weighted by Crippen LogP contribution is 2.26. The lowest BCUT2D eigenvalue weighted by atomic mass is 9.85. The lowest BCUT2D eigenvalue weighted by molar-refractivity contribution is -0.143. The van der Waals surface area contributed by atoms with Gasteiger partial charge in [0.2, 0.25) is 17.7 Å². The molecule has 1 aliphatic heterocycles. The Morgan fingerprint density at radius 2 is 1.91 bits per heavy atom. The summed E-state index contributed by atoms with van der Waals surface area (Å²) in [4.78, 5) is 39.2. The molecule has 1 fully saturated rings. The number of amides is 3. The number of nitrogens with one attached hydrogen (secondary N) is 2.